The van der Waals surface area contributed by atoms with Gasteiger partial charge in [0.2, 0.25) is 0 Å². The maximum atomic E-state index is 9.85. The van der Waals surface area contributed by atoms with Crippen LogP contribution in [0.2, 0.25) is 0 Å². The van der Waals surface area contributed by atoms with E-state index in [1.165, 1.54) is 31.4 Å². The highest BCUT2D eigenvalue weighted by Gasteiger charge is 2.15. The van der Waals surface area contributed by atoms with Crippen LogP contribution in [-0.4, -0.2) is 15.7 Å². The van der Waals surface area contributed by atoms with Gasteiger partial charge in [0, 0.05) is 30.7 Å². The zero-order valence-corrected chi connectivity index (χ0v) is 10.8. The molecule has 1 aromatic carbocycles. The van der Waals surface area contributed by atoms with Crippen LogP contribution < -0.4 is 5.32 Å². The number of fused-ring (bicyclic) bond motifs is 1. The number of aromatic hydroxyl groups is 1. The molecule has 0 aliphatic heterocycles. The van der Waals surface area contributed by atoms with Crippen molar-refractivity contribution in [3.8, 4) is 5.75 Å². The normalized spacial score (nSPS) is 16.7. The van der Waals surface area contributed by atoms with Gasteiger partial charge in [-0.05, 0) is 31.0 Å². The fraction of sp³-hybridized carbons (Fsp3) is 0.467. The van der Waals surface area contributed by atoms with Crippen molar-refractivity contribution in [3.63, 3.8) is 0 Å². The van der Waals surface area contributed by atoms with Crippen LogP contribution in [0.15, 0.2) is 24.3 Å². The van der Waals surface area contributed by atoms with E-state index in [1.807, 2.05) is 12.1 Å². The van der Waals surface area contributed by atoms with Crippen molar-refractivity contribution in [1.29, 1.82) is 0 Å². The summed E-state index contributed by atoms with van der Waals surface area (Å²) >= 11 is 0. The molecule has 2 N–H and O–H groups in total. The molecule has 0 bridgehead atoms. The van der Waals surface area contributed by atoms with Gasteiger partial charge in [-0.15, -0.1) is 0 Å². The standard InChI is InChI=1S/C15H20N2O/c1-17-12(10-16-11-5-2-3-6-11)9-13-14(17)7-4-8-15(13)18/h4,7-9,11,16,18H,2-3,5-6,10H2,1H3. The van der Waals surface area contributed by atoms with Gasteiger partial charge in [0.25, 0.3) is 0 Å². The Hall–Kier alpha value is -1.48. The first-order valence-electron chi connectivity index (χ1n) is 6.75. The van der Waals surface area contributed by atoms with Crippen molar-refractivity contribution in [1.82, 2.24) is 9.88 Å². The maximum absolute atomic E-state index is 9.85. The van der Waals surface area contributed by atoms with Crippen molar-refractivity contribution in [2.45, 2.75) is 38.3 Å². The molecule has 18 heavy (non-hydrogen) atoms. The van der Waals surface area contributed by atoms with Gasteiger partial charge in [-0.2, -0.15) is 0 Å². The molecule has 3 heteroatoms. The molecule has 1 saturated carbocycles. The number of nitrogens with one attached hydrogen (secondary N) is 1. The van der Waals surface area contributed by atoms with Gasteiger partial charge >= 0.3 is 0 Å². The van der Waals surface area contributed by atoms with Crippen LogP contribution in [0.4, 0.5) is 0 Å². The minimum absolute atomic E-state index is 0.371. The van der Waals surface area contributed by atoms with Crippen molar-refractivity contribution in [2.24, 2.45) is 7.05 Å². The minimum Gasteiger partial charge on any atom is -0.507 e. The highest BCUT2D eigenvalue weighted by atomic mass is 16.3. The molecule has 1 aliphatic carbocycles. The number of phenols is 1. The lowest BCUT2D eigenvalue weighted by molar-refractivity contribution is 0.481. The Kier molecular flexibility index (Phi) is 3.00. The van der Waals surface area contributed by atoms with E-state index in [4.69, 9.17) is 0 Å². The second-order valence-corrected chi connectivity index (χ2v) is 5.27. The molecule has 1 aromatic heterocycles. The summed E-state index contributed by atoms with van der Waals surface area (Å²) in [6.07, 6.45) is 5.31. The van der Waals surface area contributed by atoms with Crippen molar-refractivity contribution in [2.75, 3.05) is 0 Å². The lowest BCUT2D eigenvalue weighted by atomic mass is 10.2. The first-order chi connectivity index (χ1) is 8.75. The molecule has 2 aromatic rings. The van der Waals surface area contributed by atoms with Gasteiger partial charge in [0.15, 0.2) is 0 Å². The molecule has 1 heterocycles. The fourth-order valence-corrected chi connectivity index (χ4v) is 2.95. The number of aryl methyl sites for hydroxylation is 1. The monoisotopic (exact) mass is 244 g/mol. The number of hydrogen-bond acceptors (Lipinski definition) is 2. The second-order valence-electron chi connectivity index (χ2n) is 5.27. The topological polar surface area (TPSA) is 37.2 Å². The minimum atomic E-state index is 0.371. The molecule has 3 rings (SSSR count). The zero-order valence-electron chi connectivity index (χ0n) is 10.8. The zero-order chi connectivity index (χ0) is 12.5. The van der Waals surface area contributed by atoms with Crippen LogP contribution in [0.5, 0.6) is 5.75 Å². The SMILES string of the molecule is Cn1c(CNC2CCCC2)cc2c(O)cccc21. The van der Waals surface area contributed by atoms with Crippen LogP contribution in [0.1, 0.15) is 31.4 Å². The Morgan fingerprint density at radius 1 is 1.33 bits per heavy atom. The average molecular weight is 244 g/mol. The molecule has 1 aliphatic rings. The van der Waals surface area contributed by atoms with E-state index < -0.39 is 0 Å². The maximum Gasteiger partial charge on any atom is 0.124 e. The third-order valence-corrected chi connectivity index (χ3v) is 4.09. The summed E-state index contributed by atoms with van der Waals surface area (Å²) in [6.45, 7) is 0.884. The molecule has 0 atom stereocenters. The molecule has 3 nitrogen and oxygen atoms in total. The predicted molar refractivity (Wildman–Crippen MR) is 73.7 cm³/mol. The van der Waals surface area contributed by atoms with E-state index in [0.29, 0.717) is 11.8 Å². The van der Waals surface area contributed by atoms with Crippen LogP contribution in [0, 0.1) is 0 Å². The summed E-state index contributed by atoms with van der Waals surface area (Å²) in [6, 6.07) is 8.46. The molecule has 0 amide bonds. The van der Waals surface area contributed by atoms with E-state index in [0.717, 1.165) is 17.4 Å². The predicted octanol–water partition coefficient (Wildman–Crippen LogP) is 2.92. The molecular weight excluding hydrogens is 224 g/mol. The van der Waals surface area contributed by atoms with Gasteiger partial charge in [-0.25, -0.2) is 0 Å². The third kappa shape index (κ3) is 1.99. The highest BCUT2D eigenvalue weighted by molar-refractivity contribution is 5.87. The van der Waals surface area contributed by atoms with E-state index >= 15 is 0 Å². The molecule has 0 spiro atoms. The van der Waals surface area contributed by atoms with E-state index in [9.17, 15) is 5.11 Å². The Labute approximate surface area is 107 Å². The molecular formula is C15H20N2O. The van der Waals surface area contributed by atoms with Gasteiger partial charge in [-0.1, -0.05) is 18.9 Å². The summed E-state index contributed by atoms with van der Waals surface area (Å²) in [5, 5.41) is 14.4. The average Bonchev–Trinajstić information content (AvgIpc) is 2.97. The Morgan fingerprint density at radius 3 is 2.83 bits per heavy atom. The van der Waals surface area contributed by atoms with Gasteiger partial charge in [0.05, 0.1) is 5.52 Å². The van der Waals surface area contributed by atoms with Gasteiger partial charge < -0.3 is 15.0 Å². The first kappa shape index (κ1) is 11.6. The number of aromatic nitrogens is 1. The Bertz CT molecular complexity index is 553. The van der Waals surface area contributed by atoms with Crippen molar-refractivity contribution >= 4 is 10.9 Å². The molecule has 0 saturated heterocycles. The van der Waals surface area contributed by atoms with Crippen LogP contribution >= 0.6 is 0 Å². The lowest BCUT2D eigenvalue weighted by Gasteiger charge is -2.12. The first-order valence-corrected chi connectivity index (χ1v) is 6.75. The fourth-order valence-electron chi connectivity index (χ4n) is 2.95. The van der Waals surface area contributed by atoms with Gasteiger partial charge in [0.1, 0.15) is 5.75 Å². The summed E-state index contributed by atoms with van der Waals surface area (Å²) < 4.78 is 2.16. The molecule has 0 radical (unpaired) electrons. The van der Waals surface area contributed by atoms with E-state index in [-0.39, 0.29) is 0 Å². The number of phenolic OH excluding ortho intramolecular Hbond substituents is 1. The Morgan fingerprint density at radius 2 is 2.11 bits per heavy atom. The number of benzene rings is 1. The number of nitrogens with zero attached hydrogens (tertiary/aromatic N) is 1. The largest absolute Gasteiger partial charge is 0.507 e. The van der Waals surface area contributed by atoms with E-state index in [1.54, 1.807) is 6.07 Å². The van der Waals surface area contributed by atoms with Crippen LogP contribution in [0.25, 0.3) is 10.9 Å². The number of hydrogen-bond donors (Lipinski definition) is 2. The molecule has 96 valence electrons. The summed E-state index contributed by atoms with van der Waals surface area (Å²) in [7, 11) is 2.06. The highest BCUT2D eigenvalue weighted by Crippen LogP contribution is 2.27. The smallest absolute Gasteiger partial charge is 0.124 e. The molecule has 1 fully saturated rings. The van der Waals surface area contributed by atoms with Crippen LogP contribution in [0.3, 0.4) is 0 Å². The third-order valence-electron chi connectivity index (χ3n) is 4.09. The van der Waals surface area contributed by atoms with E-state index in [2.05, 4.69) is 23.0 Å². The summed E-state index contributed by atoms with van der Waals surface area (Å²) in [4.78, 5) is 0. The van der Waals surface area contributed by atoms with Crippen molar-refractivity contribution < 1.29 is 5.11 Å². The second kappa shape index (κ2) is 4.65. The summed E-state index contributed by atoms with van der Waals surface area (Å²) in [5.41, 5.74) is 2.33. The summed E-state index contributed by atoms with van der Waals surface area (Å²) in [5.74, 6) is 0.371. The van der Waals surface area contributed by atoms with Gasteiger partial charge in [-0.3, -0.25) is 0 Å². The quantitative estimate of drug-likeness (QED) is 0.871. The van der Waals surface area contributed by atoms with Crippen molar-refractivity contribution in [3.05, 3.63) is 30.0 Å². The lowest BCUT2D eigenvalue weighted by Crippen LogP contribution is -2.26. The Balaban J connectivity index is 1.83. The van der Waals surface area contributed by atoms with Crippen LogP contribution in [-0.2, 0) is 13.6 Å². The number of rotatable bonds is 3. The molecule has 0 unspecified atom stereocenters.